The maximum atomic E-state index is 13.5. The monoisotopic (exact) mass is 505 g/mol. The Morgan fingerprint density at radius 1 is 0.944 bits per heavy atom. The second-order valence-electron chi connectivity index (χ2n) is 10.5. The molecule has 1 fully saturated rings. The van der Waals surface area contributed by atoms with Crippen LogP contribution in [0.5, 0.6) is 0 Å². The van der Waals surface area contributed by atoms with Gasteiger partial charge in [-0.05, 0) is 51.0 Å². The molecule has 0 spiro atoms. The predicted octanol–water partition coefficient (Wildman–Crippen LogP) is 5.19. The Morgan fingerprint density at radius 3 is 2.06 bits per heavy atom. The minimum Gasteiger partial charge on any atom is -0.469 e. The van der Waals surface area contributed by atoms with Gasteiger partial charge in [0, 0.05) is 0 Å². The van der Waals surface area contributed by atoms with E-state index in [9.17, 15) is 14.4 Å². The highest BCUT2D eigenvalue weighted by Crippen LogP contribution is 2.40. The molecule has 0 bridgehead atoms. The molecular formula is C28H43NO7. The van der Waals surface area contributed by atoms with Crippen LogP contribution in [-0.4, -0.2) is 54.5 Å². The summed E-state index contributed by atoms with van der Waals surface area (Å²) in [5.41, 5.74) is -0.134. The van der Waals surface area contributed by atoms with Crippen molar-refractivity contribution < 1.29 is 33.3 Å². The number of carbonyl (C=O) groups excluding carboxylic acids is 3. The van der Waals surface area contributed by atoms with E-state index in [1.54, 1.807) is 25.7 Å². The number of carbonyl (C=O) groups is 3. The van der Waals surface area contributed by atoms with Gasteiger partial charge in [0.2, 0.25) is 0 Å². The smallest absolute Gasteiger partial charge is 0.412 e. The fourth-order valence-corrected chi connectivity index (χ4v) is 4.87. The van der Waals surface area contributed by atoms with Crippen LogP contribution in [0, 0.1) is 23.7 Å². The van der Waals surface area contributed by atoms with Crippen molar-refractivity contribution in [3.05, 3.63) is 35.9 Å². The SMILES string of the molecule is CCOC(=O)[C@@H](C[C@H]1OC(C)(C)N(C(=O)OCc2ccccc2)[C@@H]1C[C@H](C(=O)OC)C(C)C)C(C)C. The fraction of sp³-hybridized carbons (Fsp3) is 0.679. The highest BCUT2D eigenvalue weighted by atomic mass is 16.6. The summed E-state index contributed by atoms with van der Waals surface area (Å²) in [6.45, 7) is 13.6. The lowest BCUT2D eigenvalue weighted by atomic mass is 9.83. The van der Waals surface area contributed by atoms with Gasteiger partial charge in [-0.25, -0.2) is 4.79 Å². The van der Waals surface area contributed by atoms with Gasteiger partial charge in [-0.2, -0.15) is 0 Å². The molecule has 36 heavy (non-hydrogen) atoms. The topological polar surface area (TPSA) is 91.4 Å². The van der Waals surface area contributed by atoms with E-state index in [4.69, 9.17) is 18.9 Å². The molecule has 1 aliphatic rings. The van der Waals surface area contributed by atoms with Gasteiger partial charge in [-0.3, -0.25) is 14.5 Å². The Balaban J connectivity index is 2.38. The Hall–Kier alpha value is -2.61. The highest BCUT2D eigenvalue weighted by Gasteiger charge is 2.53. The Labute approximate surface area is 215 Å². The molecule has 4 atom stereocenters. The second kappa shape index (κ2) is 13.1. The maximum absolute atomic E-state index is 13.5. The Bertz CT molecular complexity index is 868. The van der Waals surface area contributed by atoms with E-state index in [-0.39, 0.29) is 37.0 Å². The van der Waals surface area contributed by atoms with Crippen LogP contribution in [0.15, 0.2) is 30.3 Å². The highest BCUT2D eigenvalue weighted by molar-refractivity contribution is 5.74. The quantitative estimate of drug-likeness (QED) is 0.302. The minimum atomic E-state index is -1.00. The van der Waals surface area contributed by atoms with Gasteiger partial charge >= 0.3 is 18.0 Å². The van der Waals surface area contributed by atoms with Crippen LogP contribution in [0.2, 0.25) is 0 Å². The number of hydrogen-bond acceptors (Lipinski definition) is 7. The third-order valence-electron chi connectivity index (χ3n) is 6.87. The molecule has 1 heterocycles. The molecule has 1 saturated heterocycles. The van der Waals surface area contributed by atoms with Gasteiger partial charge in [0.25, 0.3) is 0 Å². The van der Waals surface area contributed by atoms with Crippen molar-refractivity contribution in [2.45, 2.75) is 85.8 Å². The first-order chi connectivity index (χ1) is 16.9. The summed E-state index contributed by atoms with van der Waals surface area (Å²) in [5.74, 6) is -1.50. The molecule has 202 valence electrons. The van der Waals surface area contributed by atoms with Gasteiger partial charge in [0.1, 0.15) is 12.3 Å². The lowest BCUT2D eigenvalue weighted by molar-refractivity contribution is -0.152. The number of benzene rings is 1. The summed E-state index contributed by atoms with van der Waals surface area (Å²) in [4.78, 5) is 40.4. The third-order valence-corrected chi connectivity index (χ3v) is 6.87. The first-order valence-electron chi connectivity index (χ1n) is 12.8. The number of amides is 1. The number of ether oxygens (including phenoxy) is 4. The molecule has 0 aliphatic carbocycles. The van der Waals surface area contributed by atoms with Gasteiger partial charge in [-0.15, -0.1) is 0 Å². The zero-order chi connectivity index (χ0) is 27.0. The first-order valence-corrected chi connectivity index (χ1v) is 12.8. The molecule has 0 saturated carbocycles. The van der Waals surface area contributed by atoms with Crippen molar-refractivity contribution in [2.75, 3.05) is 13.7 Å². The van der Waals surface area contributed by atoms with Crippen molar-refractivity contribution >= 4 is 18.0 Å². The second-order valence-corrected chi connectivity index (χ2v) is 10.5. The van der Waals surface area contributed by atoms with Crippen LogP contribution in [0.3, 0.4) is 0 Å². The zero-order valence-corrected chi connectivity index (χ0v) is 23.0. The van der Waals surface area contributed by atoms with Gasteiger partial charge < -0.3 is 18.9 Å². The van der Waals surface area contributed by atoms with Crippen molar-refractivity contribution in [1.29, 1.82) is 0 Å². The Kier molecular flexibility index (Phi) is 10.8. The maximum Gasteiger partial charge on any atom is 0.412 e. The van der Waals surface area contributed by atoms with Crippen LogP contribution >= 0.6 is 0 Å². The molecule has 8 nitrogen and oxygen atoms in total. The van der Waals surface area contributed by atoms with Crippen molar-refractivity contribution in [3.8, 4) is 0 Å². The van der Waals surface area contributed by atoms with Crippen LogP contribution in [0.4, 0.5) is 4.79 Å². The summed E-state index contributed by atoms with van der Waals surface area (Å²) in [6, 6.07) is 8.95. The number of methoxy groups -OCH3 is 1. The minimum absolute atomic E-state index is 0.0111. The molecule has 0 aromatic heterocycles. The third kappa shape index (κ3) is 7.45. The number of esters is 2. The van der Waals surface area contributed by atoms with E-state index in [0.717, 1.165) is 5.56 Å². The largest absolute Gasteiger partial charge is 0.469 e. The van der Waals surface area contributed by atoms with Crippen molar-refractivity contribution in [3.63, 3.8) is 0 Å². The van der Waals surface area contributed by atoms with E-state index in [1.165, 1.54) is 7.11 Å². The molecule has 0 unspecified atom stereocenters. The van der Waals surface area contributed by atoms with E-state index >= 15 is 0 Å². The predicted molar refractivity (Wildman–Crippen MR) is 136 cm³/mol. The normalized spacial score (nSPS) is 20.8. The van der Waals surface area contributed by atoms with Gasteiger partial charge in [0.15, 0.2) is 0 Å². The fourth-order valence-electron chi connectivity index (χ4n) is 4.87. The van der Waals surface area contributed by atoms with E-state index in [1.807, 2.05) is 58.0 Å². The van der Waals surface area contributed by atoms with Crippen LogP contribution in [0.1, 0.15) is 66.9 Å². The molecule has 1 amide bonds. The van der Waals surface area contributed by atoms with Crippen LogP contribution in [-0.2, 0) is 35.1 Å². The molecule has 0 radical (unpaired) electrons. The van der Waals surface area contributed by atoms with E-state index < -0.39 is 35.8 Å². The number of hydrogen-bond donors (Lipinski definition) is 0. The molecule has 1 aliphatic heterocycles. The molecular weight excluding hydrogens is 462 g/mol. The summed E-state index contributed by atoms with van der Waals surface area (Å²) < 4.78 is 22.5. The Morgan fingerprint density at radius 2 is 1.53 bits per heavy atom. The molecule has 1 aromatic rings. The zero-order valence-electron chi connectivity index (χ0n) is 23.0. The van der Waals surface area contributed by atoms with Crippen LogP contribution < -0.4 is 0 Å². The van der Waals surface area contributed by atoms with Crippen molar-refractivity contribution in [2.24, 2.45) is 23.7 Å². The molecule has 1 aromatic carbocycles. The lowest BCUT2D eigenvalue weighted by Gasteiger charge is -2.34. The standard InChI is InChI=1S/C28H43NO7/c1-9-34-26(31)22(19(4)5)16-24-23(15-21(18(2)3)25(30)33-8)29(28(6,7)36-24)27(32)35-17-20-13-11-10-12-14-20/h10-14,18-19,21-24H,9,15-17H2,1-8H3/t21-,22-,23+,24+/m0/s1. The molecule has 8 heteroatoms. The summed E-state index contributed by atoms with van der Waals surface area (Å²) in [7, 11) is 1.37. The lowest BCUT2D eigenvalue weighted by Crippen LogP contribution is -2.50. The van der Waals surface area contributed by atoms with E-state index in [2.05, 4.69) is 0 Å². The summed E-state index contributed by atoms with van der Waals surface area (Å²) >= 11 is 0. The number of rotatable bonds is 11. The molecule has 2 rings (SSSR count). The average Bonchev–Trinajstić information content (AvgIpc) is 3.08. The van der Waals surface area contributed by atoms with Gasteiger partial charge in [-0.1, -0.05) is 58.0 Å². The first kappa shape index (κ1) is 29.6. The molecule has 0 N–H and O–H groups in total. The van der Waals surface area contributed by atoms with Crippen LogP contribution in [0.25, 0.3) is 0 Å². The van der Waals surface area contributed by atoms with Gasteiger partial charge in [0.05, 0.1) is 37.7 Å². The summed E-state index contributed by atoms with van der Waals surface area (Å²) in [5, 5.41) is 0. The average molecular weight is 506 g/mol. The summed E-state index contributed by atoms with van der Waals surface area (Å²) in [6.07, 6.45) is -0.334. The number of nitrogens with zero attached hydrogens (tertiary/aromatic N) is 1. The van der Waals surface area contributed by atoms with E-state index in [0.29, 0.717) is 12.8 Å². The van der Waals surface area contributed by atoms with Crippen molar-refractivity contribution in [1.82, 2.24) is 4.90 Å².